The molecule has 25 heavy (non-hydrogen) atoms. The van der Waals surface area contributed by atoms with Crippen LogP contribution in [0.15, 0.2) is 54.1 Å². The SMILES string of the molecule is Cc1ccc(NC(=O)CSc2nccn2-c2ccc(C)c(C)c2)nc1. The second kappa shape index (κ2) is 7.53. The number of pyridine rings is 1. The highest BCUT2D eigenvalue weighted by molar-refractivity contribution is 7.99. The van der Waals surface area contributed by atoms with Crippen molar-refractivity contribution in [3.8, 4) is 5.69 Å². The van der Waals surface area contributed by atoms with Crippen molar-refractivity contribution in [2.24, 2.45) is 0 Å². The van der Waals surface area contributed by atoms with Gasteiger partial charge in [0.1, 0.15) is 5.82 Å². The van der Waals surface area contributed by atoms with E-state index in [1.807, 2.05) is 23.8 Å². The number of thioether (sulfide) groups is 1. The third-order valence-corrected chi connectivity index (χ3v) is 4.85. The number of amides is 1. The molecule has 2 aromatic heterocycles. The molecule has 0 aliphatic carbocycles. The van der Waals surface area contributed by atoms with Crippen molar-refractivity contribution in [2.75, 3.05) is 11.1 Å². The summed E-state index contributed by atoms with van der Waals surface area (Å²) in [6, 6.07) is 9.99. The van der Waals surface area contributed by atoms with Gasteiger partial charge in [-0.1, -0.05) is 23.9 Å². The Labute approximate surface area is 151 Å². The molecule has 1 N–H and O–H groups in total. The third-order valence-electron chi connectivity index (χ3n) is 3.89. The number of aryl methyl sites for hydroxylation is 3. The number of imidazole rings is 1. The molecule has 1 amide bonds. The van der Waals surface area contributed by atoms with Crippen molar-refractivity contribution in [2.45, 2.75) is 25.9 Å². The zero-order valence-corrected chi connectivity index (χ0v) is 15.3. The molecule has 0 aliphatic rings. The van der Waals surface area contributed by atoms with Crippen LogP contribution < -0.4 is 5.32 Å². The first-order valence-corrected chi connectivity index (χ1v) is 8.98. The average molecular weight is 352 g/mol. The molecule has 3 rings (SSSR count). The third kappa shape index (κ3) is 4.28. The van der Waals surface area contributed by atoms with E-state index in [4.69, 9.17) is 0 Å². The summed E-state index contributed by atoms with van der Waals surface area (Å²) >= 11 is 1.40. The Kier molecular flexibility index (Phi) is 5.19. The zero-order valence-electron chi connectivity index (χ0n) is 14.5. The van der Waals surface area contributed by atoms with E-state index in [1.165, 1.54) is 22.9 Å². The molecule has 0 aliphatic heterocycles. The van der Waals surface area contributed by atoms with Gasteiger partial charge in [-0.3, -0.25) is 9.36 Å². The van der Waals surface area contributed by atoms with Crippen molar-refractivity contribution in [3.05, 3.63) is 65.6 Å². The van der Waals surface area contributed by atoms with Crippen molar-refractivity contribution in [3.63, 3.8) is 0 Å². The number of carbonyl (C=O) groups is 1. The van der Waals surface area contributed by atoms with Crippen LogP contribution >= 0.6 is 11.8 Å². The molecule has 0 saturated heterocycles. The van der Waals surface area contributed by atoms with E-state index in [9.17, 15) is 4.79 Å². The lowest BCUT2D eigenvalue weighted by Crippen LogP contribution is -2.15. The summed E-state index contributed by atoms with van der Waals surface area (Å²) in [5.41, 5.74) is 4.58. The van der Waals surface area contributed by atoms with Crippen LogP contribution in [0.5, 0.6) is 0 Å². The molecular weight excluding hydrogens is 332 g/mol. The normalized spacial score (nSPS) is 10.7. The number of carbonyl (C=O) groups excluding carboxylic acids is 1. The van der Waals surface area contributed by atoms with Gasteiger partial charge in [0.15, 0.2) is 5.16 Å². The van der Waals surface area contributed by atoms with Gasteiger partial charge in [0.2, 0.25) is 5.91 Å². The van der Waals surface area contributed by atoms with Crippen LogP contribution in [-0.2, 0) is 4.79 Å². The Bertz CT molecular complexity index is 887. The first kappa shape index (κ1) is 17.2. The van der Waals surface area contributed by atoms with Crippen molar-refractivity contribution < 1.29 is 4.79 Å². The number of nitrogens with zero attached hydrogens (tertiary/aromatic N) is 3. The van der Waals surface area contributed by atoms with Gasteiger partial charge in [0.25, 0.3) is 0 Å². The zero-order chi connectivity index (χ0) is 17.8. The van der Waals surface area contributed by atoms with Crippen molar-refractivity contribution in [1.29, 1.82) is 0 Å². The van der Waals surface area contributed by atoms with E-state index in [2.05, 4.69) is 47.3 Å². The highest BCUT2D eigenvalue weighted by atomic mass is 32.2. The van der Waals surface area contributed by atoms with Gasteiger partial charge in [-0.2, -0.15) is 0 Å². The first-order valence-electron chi connectivity index (χ1n) is 7.99. The molecule has 6 heteroatoms. The van der Waals surface area contributed by atoms with Crippen LogP contribution in [0, 0.1) is 20.8 Å². The van der Waals surface area contributed by atoms with Crippen molar-refractivity contribution in [1.82, 2.24) is 14.5 Å². The van der Waals surface area contributed by atoms with E-state index < -0.39 is 0 Å². The van der Waals surface area contributed by atoms with Gasteiger partial charge in [0, 0.05) is 24.3 Å². The van der Waals surface area contributed by atoms with E-state index >= 15 is 0 Å². The smallest absolute Gasteiger partial charge is 0.236 e. The van der Waals surface area contributed by atoms with Gasteiger partial charge in [-0.25, -0.2) is 9.97 Å². The molecule has 2 heterocycles. The summed E-state index contributed by atoms with van der Waals surface area (Å²) in [6.45, 7) is 6.14. The molecular formula is C19H20N4OS. The van der Waals surface area contributed by atoms with Crippen LogP contribution in [0.4, 0.5) is 5.82 Å². The minimum atomic E-state index is -0.101. The van der Waals surface area contributed by atoms with Gasteiger partial charge in [0.05, 0.1) is 5.75 Å². The van der Waals surface area contributed by atoms with Gasteiger partial charge in [-0.15, -0.1) is 0 Å². The number of benzene rings is 1. The molecule has 3 aromatic rings. The number of hydrogen-bond acceptors (Lipinski definition) is 4. The number of hydrogen-bond donors (Lipinski definition) is 1. The summed E-state index contributed by atoms with van der Waals surface area (Å²) in [5, 5.41) is 3.59. The lowest BCUT2D eigenvalue weighted by Gasteiger charge is -2.10. The fraction of sp³-hybridized carbons (Fsp3) is 0.211. The molecule has 0 unspecified atom stereocenters. The lowest BCUT2D eigenvalue weighted by molar-refractivity contribution is -0.113. The van der Waals surface area contributed by atoms with Crippen LogP contribution in [0.3, 0.4) is 0 Å². The predicted molar refractivity (Wildman–Crippen MR) is 101 cm³/mol. The summed E-state index contributed by atoms with van der Waals surface area (Å²) in [5.74, 6) is 0.738. The number of nitrogens with one attached hydrogen (secondary N) is 1. The average Bonchev–Trinajstić information content (AvgIpc) is 3.06. The van der Waals surface area contributed by atoms with E-state index in [1.54, 1.807) is 18.5 Å². The van der Waals surface area contributed by atoms with Crippen LogP contribution in [0.2, 0.25) is 0 Å². The standard InChI is InChI=1S/C19H20N4OS/c1-13-4-7-17(21-11-13)22-18(24)12-25-19-20-8-9-23(19)16-6-5-14(2)15(3)10-16/h4-11H,12H2,1-3H3,(H,21,22,24). The Hall–Kier alpha value is -2.60. The minimum Gasteiger partial charge on any atom is -0.310 e. The van der Waals surface area contributed by atoms with E-state index in [0.717, 1.165) is 16.4 Å². The molecule has 0 spiro atoms. The monoisotopic (exact) mass is 352 g/mol. The summed E-state index contributed by atoms with van der Waals surface area (Å²) < 4.78 is 1.99. The summed E-state index contributed by atoms with van der Waals surface area (Å²) in [6.07, 6.45) is 5.39. The lowest BCUT2D eigenvalue weighted by atomic mass is 10.1. The fourth-order valence-corrected chi connectivity index (χ4v) is 3.09. The van der Waals surface area contributed by atoms with Crippen LogP contribution in [-0.4, -0.2) is 26.2 Å². The quantitative estimate of drug-likeness (QED) is 0.707. The van der Waals surface area contributed by atoms with E-state index in [-0.39, 0.29) is 11.7 Å². The maximum Gasteiger partial charge on any atom is 0.236 e. The van der Waals surface area contributed by atoms with Crippen molar-refractivity contribution >= 4 is 23.5 Å². The molecule has 0 atom stereocenters. The van der Waals surface area contributed by atoms with Gasteiger partial charge in [-0.05, 0) is 55.7 Å². The van der Waals surface area contributed by atoms with Crippen LogP contribution in [0.1, 0.15) is 16.7 Å². The first-order chi connectivity index (χ1) is 12.0. The van der Waals surface area contributed by atoms with E-state index in [0.29, 0.717) is 5.82 Å². The highest BCUT2D eigenvalue weighted by Crippen LogP contribution is 2.22. The molecule has 0 bridgehead atoms. The Morgan fingerprint density at radius 3 is 2.68 bits per heavy atom. The Morgan fingerprint density at radius 2 is 1.96 bits per heavy atom. The minimum absolute atomic E-state index is 0.101. The number of aromatic nitrogens is 3. The summed E-state index contributed by atoms with van der Waals surface area (Å²) in [7, 11) is 0. The molecule has 5 nitrogen and oxygen atoms in total. The maximum absolute atomic E-state index is 12.1. The molecule has 0 radical (unpaired) electrons. The number of anilines is 1. The van der Waals surface area contributed by atoms with Gasteiger partial charge < -0.3 is 5.32 Å². The molecule has 1 aromatic carbocycles. The predicted octanol–water partition coefficient (Wildman–Crippen LogP) is 3.92. The topological polar surface area (TPSA) is 59.8 Å². The second-order valence-corrected chi connectivity index (χ2v) is 6.85. The fourth-order valence-electron chi connectivity index (χ4n) is 2.32. The largest absolute Gasteiger partial charge is 0.310 e. The second-order valence-electron chi connectivity index (χ2n) is 5.91. The number of rotatable bonds is 5. The maximum atomic E-state index is 12.1. The highest BCUT2D eigenvalue weighted by Gasteiger charge is 2.10. The van der Waals surface area contributed by atoms with Gasteiger partial charge >= 0.3 is 0 Å². The summed E-state index contributed by atoms with van der Waals surface area (Å²) in [4.78, 5) is 20.7. The molecule has 128 valence electrons. The molecule has 0 fully saturated rings. The molecule has 0 saturated carbocycles. The van der Waals surface area contributed by atoms with Crippen LogP contribution in [0.25, 0.3) is 5.69 Å². The Morgan fingerprint density at radius 1 is 1.12 bits per heavy atom. The Balaban J connectivity index is 1.66.